The Morgan fingerprint density at radius 2 is 2.18 bits per heavy atom. The summed E-state index contributed by atoms with van der Waals surface area (Å²) in [6.07, 6.45) is 7.64. The maximum Gasteiger partial charge on any atom is 0.257 e. The average Bonchev–Trinajstić information content (AvgIpc) is 3.24. The highest BCUT2D eigenvalue weighted by molar-refractivity contribution is 7.84. The third-order valence-corrected chi connectivity index (χ3v) is 7.79. The number of H-pyrrole nitrogens is 1. The second-order valence-corrected chi connectivity index (χ2v) is 10.8. The number of aromatic amines is 1. The van der Waals surface area contributed by atoms with E-state index in [1.54, 1.807) is 0 Å². The number of thiazole rings is 1. The molecule has 0 saturated carbocycles. The lowest BCUT2D eigenvalue weighted by Gasteiger charge is -2.31. The molecule has 0 amide bonds. The largest absolute Gasteiger partial charge is 0.321 e. The van der Waals surface area contributed by atoms with Crippen molar-refractivity contribution >= 4 is 33.0 Å². The van der Waals surface area contributed by atoms with Gasteiger partial charge in [-0.2, -0.15) is 0 Å². The van der Waals surface area contributed by atoms with Gasteiger partial charge in [-0.1, -0.05) is 36.4 Å². The Morgan fingerprint density at radius 1 is 1.30 bits per heavy atom. The van der Waals surface area contributed by atoms with Crippen molar-refractivity contribution in [2.75, 3.05) is 25.4 Å². The Labute approximate surface area is 200 Å². The van der Waals surface area contributed by atoms with Crippen molar-refractivity contribution in [2.45, 2.75) is 32.2 Å². The molecule has 0 radical (unpaired) electrons. The number of fused-ring (bicyclic) bond motifs is 1. The second kappa shape index (κ2) is 11.2. The number of hydrogen-bond acceptors (Lipinski definition) is 6. The van der Waals surface area contributed by atoms with Crippen LogP contribution in [0.2, 0.25) is 0 Å². The zero-order chi connectivity index (χ0) is 23.2. The molecule has 0 bridgehead atoms. The predicted octanol–water partition coefficient (Wildman–Crippen LogP) is 3.83. The topological polar surface area (TPSA) is 78.1 Å². The highest BCUT2D eigenvalue weighted by atomic mass is 32.2. The average molecular weight is 483 g/mol. The Kier molecular flexibility index (Phi) is 8.03. The van der Waals surface area contributed by atoms with Crippen LogP contribution in [0.25, 0.3) is 22.2 Å². The van der Waals surface area contributed by atoms with Gasteiger partial charge < -0.3 is 10.3 Å². The first-order chi connectivity index (χ1) is 16.0. The second-order valence-electron chi connectivity index (χ2n) is 8.36. The minimum absolute atomic E-state index is 0.150. The summed E-state index contributed by atoms with van der Waals surface area (Å²) in [5.74, 6) is 0.884. The SMILES string of the molecule is C/C=C\C=C/CS(=O)Cc1nc(-c2cc3ccc(CN4CCNC(C)C4)cc3[nH]c2=O)cs1. The first kappa shape index (κ1) is 23.8. The number of hydrogen-bond donors (Lipinski definition) is 2. The fourth-order valence-corrected chi connectivity index (χ4v) is 6.03. The van der Waals surface area contributed by atoms with Crippen LogP contribution in [-0.2, 0) is 23.1 Å². The van der Waals surface area contributed by atoms with E-state index >= 15 is 0 Å². The highest BCUT2D eigenvalue weighted by Crippen LogP contribution is 2.23. The molecule has 3 heterocycles. The molecule has 4 rings (SSSR count). The number of nitrogens with zero attached hydrogens (tertiary/aromatic N) is 2. The lowest BCUT2D eigenvalue weighted by molar-refractivity contribution is 0.200. The van der Waals surface area contributed by atoms with Gasteiger partial charge in [-0.05, 0) is 36.9 Å². The van der Waals surface area contributed by atoms with Crippen molar-refractivity contribution in [1.82, 2.24) is 20.2 Å². The molecule has 1 aliphatic heterocycles. The van der Waals surface area contributed by atoms with E-state index in [9.17, 15) is 9.00 Å². The van der Waals surface area contributed by atoms with Crippen LogP contribution >= 0.6 is 11.3 Å². The smallest absolute Gasteiger partial charge is 0.257 e. The molecule has 0 aliphatic carbocycles. The Hall–Kier alpha value is -2.39. The van der Waals surface area contributed by atoms with Gasteiger partial charge in [0.15, 0.2) is 0 Å². The number of pyridine rings is 1. The number of piperazine rings is 1. The van der Waals surface area contributed by atoms with Gasteiger partial charge in [-0.15, -0.1) is 11.3 Å². The fraction of sp³-hybridized carbons (Fsp3) is 0.360. The van der Waals surface area contributed by atoms with Crippen LogP contribution < -0.4 is 10.9 Å². The van der Waals surface area contributed by atoms with E-state index in [2.05, 4.69) is 45.3 Å². The van der Waals surface area contributed by atoms with Crippen molar-refractivity contribution < 1.29 is 4.21 Å². The van der Waals surface area contributed by atoms with Crippen molar-refractivity contribution in [3.8, 4) is 11.3 Å². The summed E-state index contributed by atoms with van der Waals surface area (Å²) >= 11 is 1.45. The first-order valence-electron chi connectivity index (χ1n) is 11.2. The normalized spacial score (nSPS) is 18.5. The van der Waals surface area contributed by atoms with E-state index in [-0.39, 0.29) is 5.56 Å². The Morgan fingerprint density at radius 3 is 3.00 bits per heavy atom. The highest BCUT2D eigenvalue weighted by Gasteiger charge is 2.16. The quantitative estimate of drug-likeness (QED) is 0.477. The molecule has 8 heteroatoms. The summed E-state index contributed by atoms with van der Waals surface area (Å²) in [6.45, 7) is 8.08. The summed E-state index contributed by atoms with van der Waals surface area (Å²) in [4.78, 5) is 22.9. The molecule has 2 aromatic heterocycles. The third kappa shape index (κ3) is 6.35. The molecular weight excluding hydrogens is 452 g/mol. The van der Waals surface area contributed by atoms with Crippen molar-refractivity contribution in [2.24, 2.45) is 0 Å². The van der Waals surface area contributed by atoms with Crippen LogP contribution in [0.5, 0.6) is 0 Å². The molecule has 2 atom stereocenters. The van der Waals surface area contributed by atoms with E-state index in [1.165, 1.54) is 16.9 Å². The van der Waals surface area contributed by atoms with Crippen LogP contribution in [-0.4, -0.2) is 50.5 Å². The number of allylic oxidation sites excluding steroid dienone is 3. The number of benzene rings is 1. The van der Waals surface area contributed by atoms with Gasteiger partial charge in [0.25, 0.3) is 5.56 Å². The zero-order valence-corrected chi connectivity index (χ0v) is 20.7. The summed E-state index contributed by atoms with van der Waals surface area (Å²) < 4.78 is 12.3. The minimum Gasteiger partial charge on any atom is -0.321 e. The van der Waals surface area contributed by atoms with E-state index in [1.807, 2.05) is 42.7 Å². The molecule has 0 spiro atoms. The van der Waals surface area contributed by atoms with E-state index < -0.39 is 10.8 Å². The minimum atomic E-state index is -1.02. The van der Waals surface area contributed by atoms with Crippen LogP contribution in [0.3, 0.4) is 0 Å². The van der Waals surface area contributed by atoms with Gasteiger partial charge in [-0.25, -0.2) is 4.98 Å². The Bertz CT molecular complexity index is 1240. The van der Waals surface area contributed by atoms with Crippen molar-refractivity contribution in [1.29, 1.82) is 0 Å². The molecular formula is C25H30N4O2S2. The molecule has 2 N–H and O–H groups in total. The molecule has 1 fully saturated rings. The summed E-state index contributed by atoms with van der Waals surface area (Å²) in [5, 5.41) is 7.10. The van der Waals surface area contributed by atoms with Crippen LogP contribution in [0, 0.1) is 0 Å². The van der Waals surface area contributed by atoms with Crippen LogP contribution in [0.1, 0.15) is 24.4 Å². The van der Waals surface area contributed by atoms with Crippen LogP contribution in [0.4, 0.5) is 0 Å². The standard InChI is InChI=1S/C25H30N4O2S2/c1-3-4-5-6-11-33(31)17-24-27-23(16-32-24)21-13-20-8-7-19(12-22(20)28-25(21)30)15-29-10-9-26-18(2)14-29/h3-8,12-13,16,18,26H,9-11,14-15,17H2,1-2H3,(H,28,30)/b4-3-,6-5-. The lowest BCUT2D eigenvalue weighted by Crippen LogP contribution is -2.48. The summed E-state index contributed by atoms with van der Waals surface area (Å²) in [5.41, 5.74) is 3.07. The lowest BCUT2D eigenvalue weighted by atomic mass is 10.1. The Balaban J connectivity index is 1.48. The predicted molar refractivity (Wildman–Crippen MR) is 139 cm³/mol. The summed E-state index contributed by atoms with van der Waals surface area (Å²) in [7, 11) is -1.02. The van der Waals surface area contributed by atoms with Gasteiger partial charge in [0.2, 0.25) is 0 Å². The third-order valence-electron chi connectivity index (χ3n) is 5.60. The van der Waals surface area contributed by atoms with Gasteiger partial charge in [-0.3, -0.25) is 13.9 Å². The zero-order valence-electron chi connectivity index (χ0n) is 19.0. The maximum absolute atomic E-state index is 12.8. The molecule has 1 saturated heterocycles. The maximum atomic E-state index is 12.8. The molecule has 6 nitrogen and oxygen atoms in total. The van der Waals surface area contributed by atoms with E-state index in [0.717, 1.165) is 42.1 Å². The van der Waals surface area contributed by atoms with Crippen molar-refractivity contribution in [3.05, 3.63) is 74.9 Å². The van der Waals surface area contributed by atoms with Gasteiger partial charge in [0.1, 0.15) is 5.01 Å². The molecule has 1 aliphatic rings. The van der Waals surface area contributed by atoms with Gasteiger partial charge >= 0.3 is 0 Å². The number of aromatic nitrogens is 2. The van der Waals surface area contributed by atoms with Crippen molar-refractivity contribution in [3.63, 3.8) is 0 Å². The van der Waals surface area contributed by atoms with Gasteiger partial charge in [0.05, 0.1) is 17.0 Å². The molecule has 33 heavy (non-hydrogen) atoms. The number of rotatable bonds is 8. The fourth-order valence-electron chi connectivity index (χ4n) is 4.00. The molecule has 1 aromatic carbocycles. The monoisotopic (exact) mass is 482 g/mol. The van der Waals surface area contributed by atoms with Gasteiger partial charge in [0, 0.05) is 59.7 Å². The van der Waals surface area contributed by atoms with E-state index in [0.29, 0.717) is 28.8 Å². The molecule has 174 valence electrons. The number of nitrogens with one attached hydrogen (secondary N) is 2. The molecule has 3 aromatic rings. The van der Waals surface area contributed by atoms with Crippen LogP contribution in [0.15, 0.2) is 58.7 Å². The first-order valence-corrected chi connectivity index (χ1v) is 13.6. The molecule has 2 unspecified atom stereocenters. The summed E-state index contributed by atoms with van der Waals surface area (Å²) in [6, 6.07) is 8.67. The van der Waals surface area contributed by atoms with E-state index in [4.69, 9.17) is 0 Å².